The van der Waals surface area contributed by atoms with Crippen LogP contribution in [0.3, 0.4) is 0 Å². The van der Waals surface area contributed by atoms with Gasteiger partial charge in [-0.2, -0.15) is 0 Å². The average molecular weight is 350 g/mol. The van der Waals surface area contributed by atoms with Crippen LogP contribution in [-0.2, 0) is 16.1 Å². The maximum absolute atomic E-state index is 12.5. The van der Waals surface area contributed by atoms with Crippen LogP contribution in [0.5, 0.6) is 11.5 Å². The first-order valence-corrected chi connectivity index (χ1v) is 8.76. The van der Waals surface area contributed by atoms with E-state index in [2.05, 4.69) is 5.32 Å². The van der Waals surface area contributed by atoms with Gasteiger partial charge in [0.05, 0.1) is 6.54 Å². The van der Waals surface area contributed by atoms with Gasteiger partial charge in [0.25, 0.3) is 11.8 Å². The van der Waals surface area contributed by atoms with Crippen LogP contribution in [0.4, 0.5) is 0 Å². The predicted octanol–water partition coefficient (Wildman–Crippen LogP) is -0.543. The number of likely N-dealkylation sites (N-methyl/N-ethyl adjacent to an activating group) is 3. The molecule has 1 atom stereocenters. The molecule has 25 heavy (non-hydrogen) atoms. The van der Waals surface area contributed by atoms with E-state index in [0.29, 0.717) is 39.4 Å². The number of carbonyl (C=O) groups excluding carboxylic acids is 2. The van der Waals surface area contributed by atoms with Crippen LogP contribution in [0.1, 0.15) is 19.4 Å². The van der Waals surface area contributed by atoms with Crippen molar-refractivity contribution in [1.29, 1.82) is 0 Å². The molecule has 138 valence electrons. The third kappa shape index (κ3) is 5.63. The molecule has 1 aromatic carbocycles. The van der Waals surface area contributed by atoms with Gasteiger partial charge in [0, 0.05) is 20.1 Å². The summed E-state index contributed by atoms with van der Waals surface area (Å²) in [7, 11) is 1.78. The predicted molar refractivity (Wildman–Crippen MR) is 93.8 cm³/mol. The molecule has 0 spiro atoms. The van der Waals surface area contributed by atoms with Crippen molar-refractivity contribution in [1.82, 2.24) is 10.2 Å². The molecule has 1 aliphatic heterocycles. The molecule has 0 fully saturated rings. The zero-order valence-corrected chi connectivity index (χ0v) is 15.3. The minimum absolute atomic E-state index is 0.0102. The van der Waals surface area contributed by atoms with Crippen molar-refractivity contribution in [3.05, 3.63) is 23.8 Å². The fourth-order valence-electron chi connectivity index (χ4n) is 2.70. The molecule has 1 heterocycles. The number of nitrogens with zero attached hydrogens (tertiary/aromatic N) is 1. The fourth-order valence-corrected chi connectivity index (χ4v) is 2.70. The Morgan fingerprint density at radius 2 is 1.88 bits per heavy atom. The molecular weight excluding hydrogens is 322 g/mol. The van der Waals surface area contributed by atoms with E-state index in [-0.39, 0.29) is 11.8 Å². The summed E-state index contributed by atoms with van der Waals surface area (Å²) < 4.78 is 11.1. The minimum Gasteiger partial charge on any atom is -0.486 e. The van der Waals surface area contributed by atoms with Gasteiger partial charge in [0.1, 0.15) is 13.2 Å². The second kappa shape index (κ2) is 9.27. The zero-order chi connectivity index (χ0) is 18.2. The van der Waals surface area contributed by atoms with Crippen molar-refractivity contribution in [2.45, 2.75) is 20.4 Å². The number of ether oxygens (including phenoxy) is 2. The largest absolute Gasteiger partial charge is 0.486 e. The normalized spacial score (nSPS) is 13.9. The summed E-state index contributed by atoms with van der Waals surface area (Å²) >= 11 is 0. The van der Waals surface area contributed by atoms with Crippen LogP contribution in [0.25, 0.3) is 0 Å². The Morgan fingerprint density at radius 1 is 1.16 bits per heavy atom. The smallest absolute Gasteiger partial charge is 0.277 e. The van der Waals surface area contributed by atoms with Crippen LogP contribution < -0.4 is 19.7 Å². The second-order valence-electron chi connectivity index (χ2n) is 6.14. The lowest BCUT2D eigenvalue weighted by molar-refractivity contribution is -0.882. The highest BCUT2D eigenvalue weighted by molar-refractivity contribution is 5.78. The van der Waals surface area contributed by atoms with Gasteiger partial charge in [-0.05, 0) is 31.5 Å². The monoisotopic (exact) mass is 350 g/mol. The van der Waals surface area contributed by atoms with Crippen LogP contribution in [0, 0.1) is 0 Å². The lowest BCUT2D eigenvalue weighted by Crippen LogP contribution is -3.14. The first-order valence-electron chi connectivity index (χ1n) is 8.76. The molecule has 0 aromatic heterocycles. The van der Waals surface area contributed by atoms with Crippen molar-refractivity contribution in [3.8, 4) is 11.5 Å². The van der Waals surface area contributed by atoms with Crippen LogP contribution in [-0.4, -0.2) is 63.2 Å². The highest BCUT2D eigenvalue weighted by atomic mass is 16.6. The molecule has 0 aliphatic carbocycles. The highest BCUT2D eigenvalue weighted by Gasteiger charge is 2.20. The first kappa shape index (κ1) is 19.1. The van der Waals surface area contributed by atoms with Crippen LogP contribution >= 0.6 is 0 Å². The Morgan fingerprint density at radius 3 is 2.56 bits per heavy atom. The van der Waals surface area contributed by atoms with E-state index in [1.807, 2.05) is 32.0 Å². The van der Waals surface area contributed by atoms with E-state index in [0.717, 1.165) is 28.5 Å². The second-order valence-corrected chi connectivity index (χ2v) is 6.14. The zero-order valence-electron chi connectivity index (χ0n) is 15.3. The Labute approximate surface area is 148 Å². The van der Waals surface area contributed by atoms with E-state index >= 15 is 0 Å². The minimum atomic E-state index is -0.0263. The van der Waals surface area contributed by atoms with Crippen molar-refractivity contribution < 1.29 is 24.0 Å². The Kier molecular flexibility index (Phi) is 7.06. The van der Waals surface area contributed by atoms with Gasteiger partial charge in [-0.3, -0.25) is 9.59 Å². The quantitative estimate of drug-likeness (QED) is 0.660. The van der Waals surface area contributed by atoms with E-state index in [1.165, 1.54) is 0 Å². The molecule has 0 saturated carbocycles. The Hall–Kier alpha value is -2.28. The van der Waals surface area contributed by atoms with Crippen molar-refractivity contribution >= 4 is 11.8 Å². The van der Waals surface area contributed by atoms with E-state index < -0.39 is 0 Å². The average Bonchev–Trinajstić information content (AvgIpc) is 2.61. The highest BCUT2D eigenvalue weighted by Crippen LogP contribution is 2.30. The maximum atomic E-state index is 12.5. The van der Waals surface area contributed by atoms with Crippen molar-refractivity contribution in [3.63, 3.8) is 0 Å². The lowest BCUT2D eigenvalue weighted by atomic mass is 10.2. The molecule has 2 rings (SSSR count). The number of carbonyl (C=O) groups is 2. The number of quaternary nitrogens is 1. The van der Waals surface area contributed by atoms with E-state index in [4.69, 9.17) is 9.47 Å². The van der Waals surface area contributed by atoms with Gasteiger partial charge in [-0.25, -0.2) is 0 Å². The van der Waals surface area contributed by atoms with Gasteiger partial charge in [-0.15, -0.1) is 0 Å². The number of hydrogen-bond donors (Lipinski definition) is 2. The summed E-state index contributed by atoms with van der Waals surface area (Å²) in [6.45, 7) is 7.40. The van der Waals surface area contributed by atoms with Gasteiger partial charge in [-0.1, -0.05) is 6.07 Å². The fraction of sp³-hybridized carbons (Fsp3) is 0.556. The molecule has 1 aromatic rings. The third-order valence-corrected chi connectivity index (χ3v) is 4.14. The summed E-state index contributed by atoms with van der Waals surface area (Å²) in [6.07, 6.45) is 0. The maximum Gasteiger partial charge on any atom is 0.277 e. The van der Waals surface area contributed by atoms with Crippen LogP contribution in [0.2, 0.25) is 0 Å². The Balaban J connectivity index is 1.89. The number of rotatable bonds is 8. The standard InChI is InChI=1S/C18H27N3O4/c1-4-19-17(22)12-21(5-2)13-18(23)20(3)11-14-6-7-15-16(10-14)25-9-8-24-15/h6-7,10H,4-5,8-9,11-13H2,1-3H3,(H,19,22)/p+1. The van der Waals surface area contributed by atoms with Crippen molar-refractivity contribution in [2.24, 2.45) is 0 Å². The summed E-state index contributed by atoms with van der Waals surface area (Å²) in [5.41, 5.74) is 0.988. The van der Waals surface area contributed by atoms with Gasteiger partial charge in [0.2, 0.25) is 0 Å². The van der Waals surface area contributed by atoms with E-state index in [1.54, 1.807) is 11.9 Å². The lowest BCUT2D eigenvalue weighted by Gasteiger charge is -2.23. The molecule has 7 heteroatoms. The number of nitrogens with one attached hydrogen (secondary N) is 2. The molecule has 0 bridgehead atoms. The van der Waals surface area contributed by atoms with Gasteiger partial charge < -0.3 is 24.6 Å². The molecule has 2 amide bonds. The van der Waals surface area contributed by atoms with Gasteiger partial charge >= 0.3 is 0 Å². The summed E-state index contributed by atoms with van der Waals surface area (Å²) in [5, 5.41) is 2.77. The molecule has 1 aliphatic rings. The molecule has 7 nitrogen and oxygen atoms in total. The Bertz CT molecular complexity index is 606. The third-order valence-electron chi connectivity index (χ3n) is 4.14. The molecule has 0 saturated heterocycles. The van der Waals surface area contributed by atoms with Crippen molar-refractivity contribution in [2.75, 3.05) is 46.4 Å². The molecular formula is C18H28N3O4+. The van der Waals surface area contributed by atoms with E-state index in [9.17, 15) is 9.59 Å². The molecule has 0 radical (unpaired) electrons. The number of benzene rings is 1. The SMILES string of the molecule is CCNC(=O)C[NH+](CC)CC(=O)N(C)Cc1ccc2c(c1)OCCO2. The topological polar surface area (TPSA) is 72.3 Å². The number of hydrogen-bond acceptors (Lipinski definition) is 4. The number of fused-ring (bicyclic) bond motifs is 1. The molecule has 1 unspecified atom stereocenters. The first-order chi connectivity index (χ1) is 12.0. The van der Waals surface area contributed by atoms with Gasteiger partial charge in [0.15, 0.2) is 24.6 Å². The summed E-state index contributed by atoms with van der Waals surface area (Å²) in [4.78, 5) is 26.8. The van der Waals surface area contributed by atoms with Crippen LogP contribution in [0.15, 0.2) is 18.2 Å². The summed E-state index contributed by atoms with van der Waals surface area (Å²) in [6, 6.07) is 5.73. The summed E-state index contributed by atoms with van der Waals surface area (Å²) in [5.74, 6) is 1.45. The molecule has 2 N–H and O–H groups in total. The number of amides is 2.